The Morgan fingerprint density at radius 2 is 1.93 bits per heavy atom. The van der Waals surface area contributed by atoms with E-state index in [9.17, 15) is 9.90 Å². The summed E-state index contributed by atoms with van der Waals surface area (Å²) in [6.45, 7) is 0. The Balaban J connectivity index is 1.67. The van der Waals surface area contributed by atoms with Crippen LogP contribution in [-0.4, -0.2) is 31.2 Å². The molecule has 0 aromatic heterocycles. The maximum atomic E-state index is 12.0. The predicted molar refractivity (Wildman–Crippen MR) is 108 cm³/mol. The molecule has 0 saturated heterocycles. The summed E-state index contributed by atoms with van der Waals surface area (Å²) in [5, 5.41) is 16.8. The summed E-state index contributed by atoms with van der Waals surface area (Å²) in [6, 6.07) is 0.646. The normalized spacial score (nSPS) is 41.6. The number of carboxylic acids is 1. The zero-order chi connectivity index (χ0) is 19.0. The molecule has 150 valence electrons. The fourth-order valence-corrected chi connectivity index (χ4v) is 7.10. The molecule has 0 aromatic carbocycles. The number of rotatable bonds is 4. The number of nitrogens with one attached hydrogen (secondary N) is 2. The lowest BCUT2D eigenvalue weighted by Gasteiger charge is -2.55. The van der Waals surface area contributed by atoms with E-state index in [4.69, 9.17) is 0 Å². The molecule has 4 nitrogen and oxygen atoms in total. The van der Waals surface area contributed by atoms with Gasteiger partial charge in [-0.05, 0) is 100 Å². The maximum Gasteiger partial charge on any atom is 0.331 e. The molecule has 4 aliphatic rings. The molecule has 0 bridgehead atoms. The summed E-state index contributed by atoms with van der Waals surface area (Å²) >= 11 is 0. The molecule has 4 aliphatic carbocycles. The average Bonchev–Trinajstić information content (AvgIpc) is 2.71. The van der Waals surface area contributed by atoms with Gasteiger partial charge in [-0.3, -0.25) is 0 Å². The summed E-state index contributed by atoms with van der Waals surface area (Å²) in [5.41, 5.74) is 2.14. The fourth-order valence-electron chi connectivity index (χ4n) is 7.10. The molecule has 7 atom stereocenters. The number of allylic oxidation sites excluding steroid dienone is 3. The second kappa shape index (κ2) is 7.98. The van der Waals surface area contributed by atoms with Crippen LogP contribution in [0.25, 0.3) is 0 Å². The average molecular weight is 373 g/mol. The van der Waals surface area contributed by atoms with Crippen molar-refractivity contribution in [3.8, 4) is 0 Å². The molecule has 3 N–H and O–H groups in total. The van der Waals surface area contributed by atoms with Crippen LogP contribution in [0, 0.1) is 35.5 Å². The molecule has 4 heteroatoms. The quantitative estimate of drug-likeness (QED) is 0.699. The van der Waals surface area contributed by atoms with Gasteiger partial charge in [0.15, 0.2) is 0 Å². The molecular weight excluding hydrogens is 336 g/mol. The van der Waals surface area contributed by atoms with Crippen molar-refractivity contribution < 1.29 is 9.90 Å². The van der Waals surface area contributed by atoms with Gasteiger partial charge in [-0.15, -0.1) is 0 Å². The van der Waals surface area contributed by atoms with Crippen LogP contribution >= 0.6 is 0 Å². The minimum atomic E-state index is -0.662. The second-order valence-electron chi connectivity index (χ2n) is 9.38. The highest BCUT2D eigenvalue weighted by molar-refractivity contribution is 5.87. The van der Waals surface area contributed by atoms with Crippen molar-refractivity contribution in [3.63, 3.8) is 0 Å². The van der Waals surface area contributed by atoms with Gasteiger partial charge in [0.2, 0.25) is 0 Å². The van der Waals surface area contributed by atoms with Crippen LogP contribution in [0.2, 0.25) is 0 Å². The van der Waals surface area contributed by atoms with Crippen LogP contribution < -0.4 is 10.6 Å². The van der Waals surface area contributed by atoms with Gasteiger partial charge in [0.1, 0.15) is 0 Å². The van der Waals surface area contributed by atoms with E-state index in [1.165, 1.54) is 31.4 Å². The van der Waals surface area contributed by atoms with Crippen molar-refractivity contribution in [1.82, 2.24) is 10.6 Å². The predicted octanol–water partition coefficient (Wildman–Crippen LogP) is 3.95. The zero-order valence-electron chi connectivity index (χ0n) is 16.9. The van der Waals surface area contributed by atoms with Crippen LogP contribution in [-0.2, 0) is 4.79 Å². The third-order valence-electron chi connectivity index (χ3n) is 8.28. The topological polar surface area (TPSA) is 61.4 Å². The van der Waals surface area contributed by atoms with Crippen LogP contribution in [0.5, 0.6) is 0 Å². The number of carboxylic acid groups (broad SMARTS) is 1. The van der Waals surface area contributed by atoms with Gasteiger partial charge < -0.3 is 15.7 Å². The summed E-state index contributed by atoms with van der Waals surface area (Å²) in [7, 11) is 4.14. The smallest absolute Gasteiger partial charge is 0.331 e. The second-order valence-corrected chi connectivity index (χ2v) is 9.38. The van der Waals surface area contributed by atoms with Crippen LogP contribution in [0.1, 0.15) is 57.8 Å². The highest BCUT2D eigenvalue weighted by Gasteiger charge is 2.50. The Morgan fingerprint density at radius 1 is 1.07 bits per heavy atom. The van der Waals surface area contributed by atoms with Crippen molar-refractivity contribution in [2.24, 2.45) is 35.5 Å². The van der Waals surface area contributed by atoms with Gasteiger partial charge in [-0.2, -0.15) is 0 Å². The Labute approximate surface area is 163 Å². The first kappa shape index (κ1) is 19.0. The number of fused-ring (bicyclic) bond motifs is 2. The Kier molecular flexibility index (Phi) is 5.63. The van der Waals surface area contributed by atoms with Gasteiger partial charge in [0.25, 0.3) is 0 Å². The van der Waals surface area contributed by atoms with E-state index in [1.54, 1.807) is 0 Å². The molecule has 2 fully saturated rings. The summed E-state index contributed by atoms with van der Waals surface area (Å²) in [5.74, 6) is 3.03. The highest BCUT2D eigenvalue weighted by Crippen LogP contribution is 2.57. The maximum absolute atomic E-state index is 12.0. The lowest BCUT2D eigenvalue weighted by Crippen LogP contribution is -2.50. The molecule has 0 radical (unpaired) electrons. The molecule has 2 saturated carbocycles. The monoisotopic (exact) mass is 372 g/mol. The van der Waals surface area contributed by atoms with E-state index in [0.29, 0.717) is 23.8 Å². The molecular formula is C23H36N2O2. The molecule has 0 aliphatic heterocycles. The molecule has 4 rings (SSSR count). The Morgan fingerprint density at radius 3 is 2.67 bits per heavy atom. The van der Waals surface area contributed by atoms with E-state index in [0.717, 1.165) is 49.5 Å². The highest BCUT2D eigenvalue weighted by atomic mass is 16.4. The van der Waals surface area contributed by atoms with Gasteiger partial charge >= 0.3 is 5.97 Å². The zero-order valence-corrected chi connectivity index (χ0v) is 16.9. The largest absolute Gasteiger partial charge is 0.478 e. The minimum absolute atomic E-state index is 0.271. The summed E-state index contributed by atoms with van der Waals surface area (Å²) in [4.78, 5) is 12.0. The van der Waals surface area contributed by atoms with E-state index < -0.39 is 5.97 Å². The first-order chi connectivity index (χ1) is 13.1. The molecule has 0 aromatic rings. The number of hydrogen-bond acceptors (Lipinski definition) is 3. The number of hydrogen-bond donors (Lipinski definition) is 3. The minimum Gasteiger partial charge on any atom is -0.478 e. The van der Waals surface area contributed by atoms with E-state index in [2.05, 4.69) is 23.8 Å². The number of carbonyl (C=O) groups is 1. The van der Waals surface area contributed by atoms with Crippen LogP contribution in [0.3, 0.4) is 0 Å². The molecule has 4 unspecified atom stereocenters. The standard InChI is InChI=1S/C23H36N2O2/c1-24-16-7-9-18-14(12-16)11-15-13-17(25-2)8-10-19(15)22(18)20-5-3-4-6-21(20)23(26)27/h6-7,14-15,17-20,22,24-25H,3-5,8-13H2,1-2H3,(H,26,27)/t14?,15-,17-,18?,19?,20?,22-/m1/s1. The third kappa shape index (κ3) is 3.57. The first-order valence-corrected chi connectivity index (χ1v) is 11.1. The van der Waals surface area contributed by atoms with Gasteiger partial charge in [0, 0.05) is 24.4 Å². The van der Waals surface area contributed by atoms with Crippen molar-refractivity contribution in [2.75, 3.05) is 14.1 Å². The lowest BCUT2D eigenvalue weighted by atomic mass is 9.51. The SMILES string of the molecule is CNC1=CCC2C(C1)C[C@@H]1C[C@H](NC)CCC1[C@@H]2C1CCCC=C1C(=O)O. The van der Waals surface area contributed by atoms with Crippen molar-refractivity contribution in [1.29, 1.82) is 0 Å². The Hall–Kier alpha value is -1.29. The van der Waals surface area contributed by atoms with Gasteiger partial charge in [-0.1, -0.05) is 12.2 Å². The van der Waals surface area contributed by atoms with Crippen molar-refractivity contribution in [3.05, 3.63) is 23.4 Å². The summed E-state index contributed by atoms with van der Waals surface area (Å²) in [6.07, 6.45) is 15.1. The van der Waals surface area contributed by atoms with Crippen molar-refractivity contribution in [2.45, 2.75) is 63.8 Å². The molecule has 27 heavy (non-hydrogen) atoms. The lowest BCUT2D eigenvalue weighted by molar-refractivity contribution is -0.134. The molecule has 0 spiro atoms. The Bertz CT molecular complexity index is 626. The fraction of sp³-hybridized carbons (Fsp3) is 0.783. The van der Waals surface area contributed by atoms with E-state index in [1.807, 2.05) is 13.1 Å². The molecule has 0 heterocycles. The first-order valence-electron chi connectivity index (χ1n) is 11.1. The summed E-state index contributed by atoms with van der Waals surface area (Å²) < 4.78 is 0. The van der Waals surface area contributed by atoms with Gasteiger partial charge in [-0.25, -0.2) is 4.79 Å². The van der Waals surface area contributed by atoms with Crippen LogP contribution in [0.4, 0.5) is 0 Å². The van der Waals surface area contributed by atoms with Crippen LogP contribution in [0.15, 0.2) is 23.4 Å². The molecule has 0 amide bonds. The van der Waals surface area contributed by atoms with E-state index >= 15 is 0 Å². The van der Waals surface area contributed by atoms with Crippen molar-refractivity contribution >= 4 is 5.97 Å². The third-order valence-corrected chi connectivity index (χ3v) is 8.28. The van der Waals surface area contributed by atoms with E-state index in [-0.39, 0.29) is 5.92 Å². The van der Waals surface area contributed by atoms with Gasteiger partial charge in [0.05, 0.1) is 0 Å². The number of aliphatic carboxylic acids is 1.